The van der Waals surface area contributed by atoms with Crippen LogP contribution in [0.3, 0.4) is 0 Å². The zero-order valence-corrected chi connectivity index (χ0v) is 13.3. The summed E-state index contributed by atoms with van der Waals surface area (Å²) in [7, 11) is 1.83. The summed E-state index contributed by atoms with van der Waals surface area (Å²) in [5.41, 5.74) is 1.71. The predicted octanol–water partition coefficient (Wildman–Crippen LogP) is 3.69. The number of amides is 1. The molecule has 2 heterocycles. The Balaban J connectivity index is 2.33. The minimum atomic E-state index is -0.00411. The fourth-order valence-electron chi connectivity index (χ4n) is 2.61. The number of carbonyl (C=O) groups is 1. The van der Waals surface area contributed by atoms with Crippen molar-refractivity contribution in [3.63, 3.8) is 0 Å². The van der Waals surface area contributed by atoms with Crippen LogP contribution < -0.4 is 0 Å². The van der Waals surface area contributed by atoms with Gasteiger partial charge in [-0.05, 0) is 37.1 Å². The molecule has 0 saturated carbocycles. The lowest BCUT2D eigenvalue weighted by atomic mass is 10.0. The molecular weight excluding hydrogens is 286 g/mol. The van der Waals surface area contributed by atoms with E-state index >= 15 is 0 Å². The van der Waals surface area contributed by atoms with Gasteiger partial charge in [0, 0.05) is 32.2 Å². The number of pyridine rings is 1. The number of hydrogen-bond acceptors (Lipinski definition) is 2. The third-order valence-electron chi connectivity index (χ3n) is 3.65. The molecule has 0 aliphatic carbocycles. The number of aromatic nitrogens is 2. The van der Waals surface area contributed by atoms with Gasteiger partial charge in [-0.1, -0.05) is 18.5 Å². The Morgan fingerprint density at radius 1 is 1.38 bits per heavy atom. The van der Waals surface area contributed by atoms with Gasteiger partial charge in [-0.3, -0.25) is 9.78 Å². The summed E-state index contributed by atoms with van der Waals surface area (Å²) in [5, 5.41) is 0.578. The van der Waals surface area contributed by atoms with Crippen LogP contribution in [0.15, 0.2) is 36.8 Å². The van der Waals surface area contributed by atoms with Crippen molar-refractivity contribution in [3.8, 4) is 0 Å². The highest BCUT2D eigenvalue weighted by molar-refractivity contribution is 6.31. The molecule has 5 heteroatoms. The highest BCUT2D eigenvalue weighted by Crippen LogP contribution is 2.26. The average molecular weight is 306 g/mol. The predicted molar refractivity (Wildman–Crippen MR) is 84.4 cm³/mol. The third kappa shape index (κ3) is 3.27. The number of aryl methyl sites for hydroxylation is 1. The molecule has 0 fully saturated rings. The van der Waals surface area contributed by atoms with Crippen molar-refractivity contribution in [1.82, 2.24) is 14.5 Å². The second kappa shape index (κ2) is 6.76. The summed E-state index contributed by atoms with van der Waals surface area (Å²) < 4.78 is 1.77. The second-order valence-electron chi connectivity index (χ2n) is 4.95. The first kappa shape index (κ1) is 15.6. The minimum Gasteiger partial charge on any atom is -0.345 e. The fourth-order valence-corrected chi connectivity index (χ4v) is 2.86. The lowest BCUT2D eigenvalue weighted by molar-refractivity contribution is 0.0673. The molecule has 1 amide bonds. The van der Waals surface area contributed by atoms with Gasteiger partial charge in [0.1, 0.15) is 5.69 Å². The van der Waals surface area contributed by atoms with Gasteiger partial charge < -0.3 is 9.47 Å². The molecule has 0 unspecified atom stereocenters. The van der Waals surface area contributed by atoms with Crippen LogP contribution in [0.25, 0.3) is 0 Å². The van der Waals surface area contributed by atoms with Crippen LogP contribution in [0.4, 0.5) is 0 Å². The highest BCUT2D eigenvalue weighted by Gasteiger charge is 2.25. The molecule has 0 saturated heterocycles. The van der Waals surface area contributed by atoms with Crippen LogP contribution >= 0.6 is 11.6 Å². The zero-order chi connectivity index (χ0) is 15.4. The molecule has 4 nitrogen and oxygen atoms in total. The van der Waals surface area contributed by atoms with Crippen LogP contribution in [0.5, 0.6) is 0 Å². The monoisotopic (exact) mass is 305 g/mol. The van der Waals surface area contributed by atoms with E-state index in [2.05, 4.69) is 11.9 Å². The van der Waals surface area contributed by atoms with Gasteiger partial charge in [0.2, 0.25) is 0 Å². The standard InChI is InChI=1S/C16H20ClN3O/c1-4-14(12-6-8-18-9-7-12)20(5-2)16(21)15-10-13(17)11-19(15)3/h6-11,14H,4-5H2,1-3H3/t14-/m1/s1. The van der Waals surface area contributed by atoms with E-state index in [4.69, 9.17) is 11.6 Å². The van der Waals surface area contributed by atoms with Crippen molar-refractivity contribution >= 4 is 17.5 Å². The largest absolute Gasteiger partial charge is 0.345 e. The number of hydrogen-bond donors (Lipinski definition) is 0. The molecule has 2 aromatic heterocycles. The van der Waals surface area contributed by atoms with E-state index in [0.717, 1.165) is 12.0 Å². The van der Waals surface area contributed by atoms with Crippen molar-refractivity contribution in [2.24, 2.45) is 7.05 Å². The summed E-state index contributed by atoms with van der Waals surface area (Å²) in [6.07, 6.45) is 6.11. The normalized spacial score (nSPS) is 12.2. The van der Waals surface area contributed by atoms with Crippen molar-refractivity contribution in [2.45, 2.75) is 26.3 Å². The smallest absolute Gasteiger partial charge is 0.271 e. The van der Waals surface area contributed by atoms with Gasteiger partial charge in [0.25, 0.3) is 5.91 Å². The summed E-state index contributed by atoms with van der Waals surface area (Å²) >= 11 is 5.99. The lowest BCUT2D eigenvalue weighted by Gasteiger charge is -2.30. The molecule has 1 atom stereocenters. The van der Waals surface area contributed by atoms with E-state index in [0.29, 0.717) is 17.3 Å². The topological polar surface area (TPSA) is 38.1 Å². The summed E-state index contributed by atoms with van der Waals surface area (Å²) in [6.45, 7) is 4.72. The SMILES string of the molecule is CC[C@H](c1ccncc1)N(CC)C(=O)c1cc(Cl)cn1C. The van der Waals surface area contributed by atoms with Crippen molar-refractivity contribution in [2.75, 3.05) is 6.54 Å². The second-order valence-corrected chi connectivity index (χ2v) is 5.39. The van der Waals surface area contributed by atoms with E-state index in [1.165, 1.54) is 0 Å². The van der Waals surface area contributed by atoms with Crippen LogP contribution in [0.1, 0.15) is 42.4 Å². The summed E-state index contributed by atoms with van der Waals surface area (Å²) in [4.78, 5) is 18.7. The Labute approximate surface area is 130 Å². The average Bonchev–Trinajstić information content (AvgIpc) is 2.83. The third-order valence-corrected chi connectivity index (χ3v) is 3.85. The summed E-state index contributed by atoms with van der Waals surface area (Å²) in [6, 6.07) is 5.68. The molecule has 2 rings (SSSR count). The Morgan fingerprint density at radius 2 is 2.05 bits per heavy atom. The molecule has 0 N–H and O–H groups in total. The Morgan fingerprint density at radius 3 is 2.52 bits per heavy atom. The van der Waals surface area contributed by atoms with E-state index in [9.17, 15) is 4.79 Å². The molecule has 0 spiro atoms. The minimum absolute atomic E-state index is 0.00411. The highest BCUT2D eigenvalue weighted by atomic mass is 35.5. The number of carbonyl (C=O) groups excluding carboxylic acids is 1. The Kier molecular flexibility index (Phi) is 5.02. The molecule has 0 aromatic carbocycles. The molecule has 0 radical (unpaired) electrons. The van der Waals surface area contributed by atoms with Crippen LogP contribution in [-0.4, -0.2) is 26.9 Å². The molecule has 0 aliphatic rings. The van der Waals surface area contributed by atoms with E-state index < -0.39 is 0 Å². The fraction of sp³-hybridized carbons (Fsp3) is 0.375. The maximum Gasteiger partial charge on any atom is 0.271 e. The first-order valence-corrected chi connectivity index (χ1v) is 7.49. The van der Waals surface area contributed by atoms with Crippen LogP contribution in [-0.2, 0) is 7.05 Å². The maximum atomic E-state index is 12.8. The number of nitrogens with zero attached hydrogens (tertiary/aromatic N) is 3. The summed E-state index contributed by atoms with van der Waals surface area (Å²) in [5.74, 6) is -0.00411. The van der Waals surface area contributed by atoms with E-state index in [-0.39, 0.29) is 11.9 Å². The van der Waals surface area contributed by atoms with Crippen molar-refractivity contribution < 1.29 is 4.79 Å². The Bertz CT molecular complexity index is 609. The van der Waals surface area contributed by atoms with E-state index in [1.54, 1.807) is 29.2 Å². The van der Waals surface area contributed by atoms with Gasteiger partial charge in [-0.2, -0.15) is 0 Å². The molecule has 0 aliphatic heterocycles. The van der Waals surface area contributed by atoms with Crippen molar-refractivity contribution in [3.05, 3.63) is 53.1 Å². The molecule has 21 heavy (non-hydrogen) atoms. The van der Waals surface area contributed by atoms with Crippen LogP contribution in [0.2, 0.25) is 5.02 Å². The van der Waals surface area contributed by atoms with Gasteiger partial charge in [-0.25, -0.2) is 0 Å². The Hall–Kier alpha value is -1.81. The van der Waals surface area contributed by atoms with Gasteiger partial charge in [0.15, 0.2) is 0 Å². The van der Waals surface area contributed by atoms with Crippen LogP contribution in [0, 0.1) is 0 Å². The number of halogens is 1. The maximum absolute atomic E-state index is 12.8. The zero-order valence-electron chi connectivity index (χ0n) is 12.6. The van der Waals surface area contributed by atoms with E-state index in [1.807, 2.05) is 31.0 Å². The molecule has 112 valence electrons. The van der Waals surface area contributed by atoms with Crippen molar-refractivity contribution in [1.29, 1.82) is 0 Å². The lowest BCUT2D eigenvalue weighted by Crippen LogP contribution is -2.35. The molecule has 0 bridgehead atoms. The molecule has 2 aromatic rings. The van der Waals surface area contributed by atoms with Gasteiger partial charge in [0.05, 0.1) is 11.1 Å². The quantitative estimate of drug-likeness (QED) is 0.845. The number of rotatable bonds is 5. The first-order chi connectivity index (χ1) is 10.1. The van der Waals surface area contributed by atoms with Gasteiger partial charge >= 0.3 is 0 Å². The van der Waals surface area contributed by atoms with Gasteiger partial charge in [-0.15, -0.1) is 0 Å². The first-order valence-electron chi connectivity index (χ1n) is 7.11. The molecular formula is C16H20ClN3O.